The lowest BCUT2D eigenvalue weighted by atomic mass is 9.92. The normalized spacial score (nSPS) is 26.2. The second-order valence-electron chi connectivity index (χ2n) is 4.15. The maximum absolute atomic E-state index is 9.77. The van der Waals surface area contributed by atoms with Gasteiger partial charge in [0.05, 0.1) is 12.1 Å². The largest absolute Gasteiger partial charge is 0.508 e. The van der Waals surface area contributed by atoms with Crippen LogP contribution < -0.4 is 5.32 Å². The summed E-state index contributed by atoms with van der Waals surface area (Å²) in [5.41, 5.74) is 0.876. The molecule has 1 aliphatic carbocycles. The molecule has 0 radical (unpaired) electrons. The van der Waals surface area contributed by atoms with E-state index in [1.807, 2.05) is 6.07 Å². The molecule has 0 spiro atoms. The van der Waals surface area contributed by atoms with Crippen molar-refractivity contribution in [3.8, 4) is 5.75 Å². The van der Waals surface area contributed by atoms with Gasteiger partial charge in [0.25, 0.3) is 0 Å². The van der Waals surface area contributed by atoms with E-state index in [2.05, 4.69) is 5.32 Å². The SMILES string of the molecule is Oc1cccc(NC2CCCC[C@H]2O)c1. The van der Waals surface area contributed by atoms with Crippen LogP contribution in [-0.4, -0.2) is 22.4 Å². The van der Waals surface area contributed by atoms with Crippen LogP contribution in [0, 0.1) is 0 Å². The molecule has 1 aliphatic rings. The summed E-state index contributed by atoms with van der Waals surface area (Å²) in [7, 11) is 0. The molecular weight excluding hydrogens is 190 g/mol. The van der Waals surface area contributed by atoms with E-state index < -0.39 is 0 Å². The first-order chi connectivity index (χ1) is 7.25. The number of aliphatic hydroxyl groups excluding tert-OH is 1. The molecule has 2 atom stereocenters. The minimum Gasteiger partial charge on any atom is -0.508 e. The first kappa shape index (κ1) is 10.3. The molecule has 0 amide bonds. The predicted octanol–water partition coefficient (Wildman–Crippen LogP) is 2.11. The maximum atomic E-state index is 9.77. The average Bonchev–Trinajstić information content (AvgIpc) is 2.22. The molecule has 3 N–H and O–H groups in total. The zero-order chi connectivity index (χ0) is 10.7. The summed E-state index contributed by atoms with van der Waals surface area (Å²) < 4.78 is 0. The van der Waals surface area contributed by atoms with Crippen LogP contribution in [0.5, 0.6) is 5.75 Å². The highest BCUT2D eigenvalue weighted by atomic mass is 16.3. The van der Waals surface area contributed by atoms with Gasteiger partial charge in [0, 0.05) is 11.8 Å². The number of aliphatic hydroxyl groups is 1. The molecule has 1 unspecified atom stereocenters. The molecule has 1 fully saturated rings. The van der Waals surface area contributed by atoms with Crippen LogP contribution in [0.4, 0.5) is 5.69 Å². The lowest BCUT2D eigenvalue weighted by Gasteiger charge is -2.29. The van der Waals surface area contributed by atoms with Crippen molar-refractivity contribution in [1.82, 2.24) is 0 Å². The first-order valence-electron chi connectivity index (χ1n) is 5.49. The van der Waals surface area contributed by atoms with Gasteiger partial charge in [-0.1, -0.05) is 18.9 Å². The fraction of sp³-hybridized carbons (Fsp3) is 0.500. The number of hydrogen-bond acceptors (Lipinski definition) is 3. The van der Waals surface area contributed by atoms with Crippen LogP contribution in [-0.2, 0) is 0 Å². The second kappa shape index (κ2) is 4.53. The van der Waals surface area contributed by atoms with E-state index in [0.29, 0.717) is 0 Å². The highest BCUT2D eigenvalue weighted by molar-refractivity contribution is 5.48. The van der Waals surface area contributed by atoms with Gasteiger partial charge in [-0.05, 0) is 25.0 Å². The number of aromatic hydroxyl groups is 1. The Morgan fingerprint density at radius 1 is 1.20 bits per heavy atom. The van der Waals surface area contributed by atoms with Crippen LogP contribution in [0.1, 0.15) is 25.7 Å². The van der Waals surface area contributed by atoms with E-state index in [1.165, 1.54) is 0 Å². The molecule has 1 saturated carbocycles. The van der Waals surface area contributed by atoms with Crippen LogP contribution in [0.15, 0.2) is 24.3 Å². The van der Waals surface area contributed by atoms with E-state index in [4.69, 9.17) is 0 Å². The van der Waals surface area contributed by atoms with Crippen LogP contribution in [0.3, 0.4) is 0 Å². The smallest absolute Gasteiger partial charge is 0.117 e. The van der Waals surface area contributed by atoms with Gasteiger partial charge in [-0.3, -0.25) is 0 Å². The van der Waals surface area contributed by atoms with E-state index in [0.717, 1.165) is 31.4 Å². The molecule has 0 heterocycles. The van der Waals surface area contributed by atoms with Gasteiger partial charge in [0.2, 0.25) is 0 Å². The van der Waals surface area contributed by atoms with Gasteiger partial charge in [-0.2, -0.15) is 0 Å². The number of rotatable bonds is 2. The van der Waals surface area contributed by atoms with Crippen LogP contribution in [0.25, 0.3) is 0 Å². The van der Waals surface area contributed by atoms with Crippen molar-refractivity contribution in [2.45, 2.75) is 37.8 Å². The number of phenols is 1. The summed E-state index contributed by atoms with van der Waals surface area (Å²) in [6.07, 6.45) is 3.88. The van der Waals surface area contributed by atoms with E-state index in [1.54, 1.807) is 18.2 Å². The molecule has 0 saturated heterocycles. The minimum atomic E-state index is -0.263. The molecule has 1 aromatic rings. The fourth-order valence-corrected chi connectivity index (χ4v) is 2.09. The van der Waals surface area contributed by atoms with Gasteiger partial charge in [0.15, 0.2) is 0 Å². The third-order valence-electron chi connectivity index (χ3n) is 2.93. The maximum Gasteiger partial charge on any atom is 0.117 e. The van der Waals surface area contributed by atoms with Crippen molar-refractivity contribution in [2.24, 2.45) is 0 Å². The average molecular weight is 207 g/mol. The summed E-state index contributed by atoms with van der Waals surface area (Å²) in [5, 5.41) is 22.3. The van der Waals surface area contributed by atoms with Gasteiger partial charge < -0.3 is 15.5 Å². The Bertz CT molecular complexity index is 327. The predicted molar refractivity (Wildman–Crippen MR) is 60.0 cm³/mol. The van der Waals surface area contributed by atoms with Gasteiger partial charge in [0.1, 0.15) is 5.75 Å². The van der Waals surface area contributed by atoms with Crippen LogP contribution >= 0.6 is 0 Å². The van der Waals surface area contributed by atoms with Gasteiger partial charge in [-0.25, -0.2) is 0 Å². The molecule has 3 nitrogen and oxygen atoms in total. The molecule has 3 heteroatoms. The zero-order valence-corrected chi connectivity index (χ0v) is 8.69. The van der Waals surface area contributed by atoms with Crippen molar-refractivity contribution in [3.63, 3.8) is 0 Å². The second-order valence-corrected chi connectivity index (χ2v) is 4.15. The lowest BCUT2D eigenvalue weighted by Crippen LogP contribution is -2.36. The molecule has 82 valence electrons. The summed E-state index contributed by atoms with van der Waals surface area (Å²) in [6, 6.07) is 7.15. The summed E-state index contributed by atoms with van der Waals surface area (Å²) in [5.74, 6) is 0.255. The molecule has 0 aliphatic heterocycles. The van der Waals surface area contributed by atoms with E-state index >= 15 is 0 Å². The van der Waals surface area contributed by atoms with Gasteiger partial charge in [-0.15, -0.1) is 0 Å². The monoisotopic (exact) mass is 207 g/mol. The molecule has 0 bridgehead atoms. The summed E-state index contributed by atoms with van der Waals surface area (Å²) >= 11 is 0. The third kappa shape index (κ3) is 2.63. The Kier molecular flexibility index (Phi) is 3.11. The topological polar surface area (TPSA) is 52.5 Å². The number of hydrogen-bond donors (Lipinski definition) is 3. The van der Waals surface area contributed by atoms with Crippen molar-refractivity contribution < 1.29 is 10.2 Å². The van der Waals surface area contributed by atoms with Crippen molar-refractivity contribution >= 4 is 5.69 Å². The third-order valence-corrected chi connectivity index (χ3v) is 2.93. The summed E-state index contributed by atoms with van der Waals surface area (Å²) in [4.78, 5) is 0. The molecule has 1 aromatic carbocycles. The van der Waals surface area contributed by atoms with Gasteiger partial charge >= 0.3 is 0 Å². The number of benzene rings is 1. The molecule has 15 heavy (non-hydrogen) atoms. The van der Waals surface area contributed by atoms with Crippen molar-refractivity contribution in [3.05, 3.63) is 24.3 Å². The number of nitrogens with one attached hydrogen (secondary N) is 1. The number of anilines is 1. The lowest BCUT2D eigenvalue weighted by molar-refractivity contribution is 0.116. The number of phenolic OH excluding ortho intramolecular Hbond substituents is 1. The van der Waals surface area contributed by atoms with E-state index in [-0.39, 0.29) is 17.9 Å². The van der Waals surface area contributed by atoms with Crippen molar-refractivity contribution in [2.75, 3.05) is 5.32 Å². The Balaban J connectivity index is 2.01. The van der Waals surface area contributed by atoms with Crippen LogP contribution in [0.2, 0.25) is 0 Å². The quantitative estimate of drug-likeness (QED) is 0.696. The Labute approximate surface area is 89.8 Å². The zero-order valence-electron chi connectivity index (χ0n) is 8.69. The molecule has 0 aromatic heterocycles. The standard InChI is InChI=1S/C12H17NO2/c14-10-5-3-4-9(8-10)13-11-6-1-2-7-12(11)15/h3-5,8,11-15H,1-2,6-7H2/t11?,12-/m1/s1. The summed E-state index contributed by atoms with van der Waals surface area (Å²) in [6.45, 7) is 0. The van der Waals surface area contributed by atoms with E-state index in [9.17, 15) is 10.2 Å². The highest BCUT2D eigenvalue weighted by Crippen LogP contribution is 2.23. The minimum absolute atomic E-state index is 0.126. The first-order valence-corrected chi connectivity index (χ1v) is 5.49. The Morgan fingerprint density at radius 3 is 2.73 bits per heavy atom. The molecular formula is C12H17NO2. The Morgan fingerprint density at radius 2 is 2.00 bits per heavy atom. The van der Waals surface area contributed by atoms with Crippen molar-refractivity contribution in [1.29, 1.82) is 0 Å². The highest BCUT2D eigenvalue weighted by Gasteiger charge is 2.22. The Hall–Kier alpha value is -1.22. The fourth-order valence-electron chi connectivity index (χ4n) is 2.09. The molecule has 2 rings (SSSR count).